The standard InChI is InChI=1S/C11H12FNO5/c12-8-9(14)5(6(4-13)11(15)16)3-7-10(8)18-2-1-17-7/h3,6,14H,1-2,4,13H2,(H,15,16). The Bertz CT molecular complexity index is 491. The van der Waals surface area contributed by atoms with Gasteiger partial charge in [-0.05, 0) is 6.07 Å². The molecule has 1 atom stereocenters. The van der Waals surface area contributed by atoms with Gasteiger partial charge in [0.1, 0.15) is 13.2 Å². The molecule has 18 heavy (non-hydrogen) atoms. The number of hydrogen-bond acceptors (Lipinski definition) is 5. The average Bonchev–Trinajstić information content (AvgIpc) is 2.36. The Kier molecular flexibility index (Phi) is 3.24. The third-order valence-electron chi connectivity index (χ3n) is 2.69. The number of phenols is 1. The first kappa shape index (κ1) is 12.4. The van der Waals surface area contributed by atoms with Crippen molar-refractivity contribution in [2.75, 3.05) is 19.8 Å². The summed E-state index contributed by atoms with van der Waals surface area (Å²) in [6.45, 7) is 0.140. The Balaban J connectivity index is 2.55. The monoisotopic (exact) mass is 257 g/mol. The summed E-state index contributed by atoms with van der Waals surface area (Å²) in [5.74, 6) is -4.37. The van der Waals surface area contributed by atoms with Crippen molar-refractivity contribution in [2.24, 2.45) is 5.73 Å². The summed E-state index contributed by atoms with van der Waals surface area (Å²) in [5.41, 5.74) is 5.20. The molecule has 1 aliphatic rings. The number of benzene rings is 1. The summed E-state index contributed by atoms with van der Waals surface area (Å²) in [5, 5.41) is 18.6. The molecule has 1 heterocycles. The number of carbonyl (C=O) groups is 1. The van der Waals surface area contributed by atoms with Crippen LogP contribution in [-0.4, -0.2) is 35.9 Å². The third kappa shape index (κ3) is 1.92. The molecule has 1 aliphatic heterocycles. The van der Waals surface area contributed by atoms with Crippen LogP contribution in [0.15, 0.2) is 6.07 Å². The molecular weight excluding hydrogens is 245 g/mol. The molecule has 0 aliphatic carbocycles. The van der Waals surface area contributed by atoms with E-state index in [0.717, 1.165) is 0 Å². The number of aliphatic carboxylic acids is 1. The number of aromatic hydroxyl groups is 1. The van der Waals surface area contributed by atoms with Gasteiger partial charge in [-0.25, -0.2) is 0 Å². The zero-order chi connectivity index (χ0) is 13.3. The van der Waals surface area contributed by atoms with Crippen molar-refractivity contribution in [3.63, 3.8) is 0 Å². The van der Waals surface area contributed by atoms with E-state index in [1.165, 1.54) is 6.07 Å². The minimum atomic E-state index is -1.25. The average molecular weight is 257 g/mol. The molecule has 0 aromatic heterocycles. The number of ether oxygens (including phenoxy) is 2. The van der Waals surface area contributed by atoms with Gasteiger partial charge in [0.25, 0.3) is 0 Å². The fourth-order valence-electron chi connectivity index (χ4n) is 1.78. The highest BCUT2D eigenvalue weighted by Crippen LogP contribution is 2.42. The van der Waals surface area contributed by atoms with E-state index in [2.05, 4.69) is 0 Å². The Morgan fingerprint density at radius 1 is 1.50 bits per heavy atom. The molecule has 1 aromatic rings. The fourth-order valence-corrected chi connectivity index (χ4v) is 1.78. The largest absolute Gasteiger partial charge is 0.505 e. The van der Waals surface area contributed by atoms with E-state index in [1.54, 1.807) is 0 Å². The highest BCUT2D eigenvalue weighted by molar-refractivity contribution is 5.78. The van der Waals surface area contributed by atoms with Crippen LogP contribution in [0.3, 0.4) is 0 Å². The van der Waals surface area contributed by atoms with Crippen LogP contribution in [0.4, 0.5) is 4.39 Å². The molecule has 2 rings (SSSR count). The van der Waals surface area contributed by atoms with E-state index in [1.807, 2.05) is 0 Å². The molecule has 0 fully saturated rings. The van der Waals surface area contributed by atoms with Gasteiger partial charge in [0, 0.05) is 12.1 Å². The van der Waals surface area contributed by atoms with Crippen molar-refractivity contribution in [3.05, 3.63) is 17.4 Å². The lowest BCUT2D eigenvalue weighted by molar-refractivity contribution is -0.138. The Labute approximate surface area is 102 Å². The molecule has 0 spiro atoms. The van der Waals surface area contributed by atoms with Crippen LogP contribution in [0, 0.1) is 5.82 Å². The maximum absolute atomic E-state index is 13.8. The molecule has 1 unspecified atom stereocenters. The van der Waals surface area contributed by atoms with Crippen LogP contribution in [0.25, 0.3) is 0 Å². The maximum Gasteiger partial charge on any atom is 0.312 e. The molecule has 0 saturated heterocycles. The van der Waals surface area contributed by atoms with E-state index in [4.69, 9.17) is 20.3 Å². The number of phenolic OH excluding ortho intramolecular Hbond substituents is 1. The quantitative estimate of drug-likeness (QED) is 0.725. The molecular formula is C11H12FNO5. The lowest BCUT2D eigenvalue weighted by Crippen LogP contribution is -2.23. The van der Waals surface area contributed by atoms with Gasteiger partial charge in [-0.15, -0.1) is 0 Å². The minimum Gasteiger partial charge on any atom is -0.505 e. The van der Waals surface area contributed by atoms with Gasteiger partial charge < -0.3 is 25.4 Å². The number of carboxylic acid groups (broad SMARTS) is 1. The topological polar surface area (TPSA) is 102 Å². The van der Waals surface area contributed by atoms with Gasteiger partial charge in [0.15, 0.2) is 11.5 Å². The van der Waals surface area contributed by atoms with E-state index < -0.39 is 23.5 Å². The van der Waals surface area contributed by atoms with Crippen LogP contribution in [0.2, 0.25) is 0 Å². The van der Waals surface area contributed by atoms with Gasteiger partial charge in [-0.3, -0.25) is 4.79 Å². The molecule has 6 nitrogen and oxygen atoms in total. The maximum atomic E-state index is 13.8. The van der Waals surface area contributed by atoms with Gasteiger partial charge in [0.05, 0.1) is 5.92 Å². The molecule has 4 N–H and O–H groups in total. The van der Waals surface area contributed by atoms with Crippen molar-refractivity contribution in [2.45, 2.75) is 5.92 Å². The van der Waals surface area contributed by atoms with Gasteiger partial charge >= 0.3 is 5.97 Å². The van der Waals surface area contributed by atoms with Crippen molar-refractivity contribution >= 4 is 5.97 Å². The smallest absolute Gasteiger partial charge is 0.312 e. The summed E-state index contributed by atoms with van der Waals surface area (Å²) < 4.78 is 24.0. The van der Waals surface area contributed by atoms with Gasteiger partial charge in [-0.1, -0.05) is 0 Å². The minimum absolute atomic E-state index is 0.0752. The number of fused-ring (bicyclic) bond motifs is 1. The lowest BCUT2D eigenvalue weighted by atomic mass is 9.97. The SMILES string of the molecule is NCC(C(=O)O)c1cc2c(c(F)c1O)OCCO2. The molecule has 0 amide bonds. The number of carboxylic acids is 1. The van der Waals surface area contributed by atoms with Crippen LogP contribution in [0.5, 0.6) is 17.2 Å². The molecule has 0 bridgehead atoms. The molecule has 0 saturated carbocycles. The van der Waals surface area contributed by atoms with Crippen LogP contribution in [0.1, 0.15) is 11.5 Å². The lowest BCUT2D eigenvalue weighted by Gasteiger charge is -2.22. The van der Waals surface area contributed by atoms with Crippen LogP contribution in [-0.2, 0) is 4.79 Å². The Hall–Kier alpha value is -2.02. The number of nitrogens with two attached hydrogens (primary N) is 1. The molecule has 98 valence electrons. The molecule has 7 heteroatoms. The normalized spacial score (nSPS) is 15.2. The zero-order valence-electron chi connectivity index (χ0n) is 9.35. The first-order chi connectivity index (χ1) is 8.56. The summed E-state index contributed by atoms with van der Waals surface area (Å²) in [6, 6.07) is 1.25. The van der Waals surface area contributed by atoms with Gasteiger partial charge in [0.2, 0.25) is 11.6 Å². The predicted octanol–water partition coefficient (Wildman–Crippen LogP) is 0.429. The van der Waals surface area contributed by atoms with Crippen molar-refractivity contribution in [3.8, 4) is 17.2 Å². The van der Waals surface area contributed by atoms with E-state index in [9.17, 15) is 14.3 Å². The van der Waals surface area contributed by atoms with E-state index >= 15 is 0 Å². The second-order valence-electron chi connectivity index (χ2n) is 3.78. The molecule has 0 radical (unpaired) electrons. The summed E-state index contributed by atoms with van der Waals surface area (Å²) in [7, 11) is 0. The van der Waals surface area contributed by atoms with Gasteiger partial charge in [-0.2, -0.15) is 4.39 Å². The van der Waals surface area contributed by atoms with Crippen LogP contribution >= 0.6 is 0 Å². The second kappa shape index (κ2) is 4.69. The van der Waals surface area contributed by atoms with Crippen molar-refractivity contribution in [1.82, 2.24) is 0 Å². The highest BCUT2D eigenvalue weighted by atomic mass is 19.1. The first-order valence-electron chi connectivity index (χ1n) is 5.30. The number of rotatable bonds is 3. The summed E-state index contributed by atoms with van der Waals surface area (Å²) >= 11 is 0. The predicted molar refractivity (Wildman–Crippen MR) is 58.5 cm³/mol. The fraction of sp³-hybridized carbons (Fsp3) is 0.364. The van der Waals surface area contributed by atoms with Crippen LogP contribution < -0.4 is 15.2 Å². The van der Waals surface area contributed by atoms with E-state index in [0.29, 0.717) is 0 Å². The van der Waals surface area contributed by atoms with E-state index in [-0.39, 0.29) is 36.8 Å². The highest BCUT2D eigenvalue weighted by Gasteiger charge is 2.29. The Morgan fingerprint density at radius 3 is 2.78 bits per heavy atom. The number of halogens is 1. The zero-order valence-corrected chi connectivity index (χ0v) is 9.35. The van der Waals surface area contributed by atoms with Crippen molar-refractivity contribution < 1.29 is 28.9 Å². The van der Waals surface area contributed by atoms with Crippen molar-refractivity contribution in [1.29, 1.82) is 0 Å². The summed E-state index contributed by atoms with van der Waals surface area (Å²) in [4.78, 5) is 11.0. The first-order valence-corrected chi connectivity index (χ1v) is 5.30. The number of hydrogen-bond donors (Lipinski definition) is 3. The second-order valence-corrected chi connectivity index (χ2v) is 3.78. The molecule has 1 aromatic carbocycles. The third-order valence-corrected chi connectivity index (χ3v) is 2.69. The Morgan fingerprint density at radius 2 is 2.17 bits per heavy atom. The summed E-state index contributed by atoms with van der Waals surface area (Å²) in [6.07, 6.45) is 0.